The van der Waals surface area contributed by atoms with Crippen LogP contribution in [0.15, 0.2) is 36.4 Å². The fourth-order valence-corrected chi connectivity index (χ4v) is 2.58. The van der Waals surface area contributed by atoms with Gasteiger partial charge in [-0.2, -0.15) is 8.75 Å². The Balaban J connectivity index is 1.83. The maximum atomic E-state index is 10.9. The van der Waals surface area contributed by atoms with Gasteiger partial charge in [-0.05, 0) is 25.1 Å². The third-order valence-electron chi connectivity index (χ3n) is 3.14. The maximum absolute atomic E-state index is 10.9. The van der Waals surface area contributed by atoms with Gasteiger partial charge >= 0.3 is 0 Å². The van der Waals surface area contributed by atoms with Crippen LogP contribution in [0.4, 0.5) is 5.69 Å². The molecule has 6 nitrogen and oxygen atoms in total. The minimum Gasteiger partial charge on any atom is -0.489 e. The van der Waals surface area contributed by atoms with Crippen LogP contribution in [0.3, 0.4) is 0 Å². The molecule has 0 aliphatic rings. The lowest BCUT2D eigenvalue weighted by Crippen LogP contribution is -1.98. The van der Waals surface area contributed by atoms with Crippen LogP contribution in [0.5, 0.6) is 5.75 Å². The SMILES string of the molecule is Cc1ccc(OCc2cccc3nsnc23)cc1[N+](=O)[O-]. The van der Waals surface area contributed by atoms with Gasteiger partial charge in [0.05, 0.1) is 22.7 Å². The summed E-state index contributed by atoms with van der Waals surface area (Å²) < 4.78 is 14.0. The number of nitrogens with zero attached hydrogens (tertiary/aromatic N) is 3. The van der Waals surface area contributed by atoms with E-state index in [1.165, 1.54) is 6.07 Å². The summed E-state index contributed by atoms with van der Waals surface area (Å²) in [5.74, 6) is 0.465. The summed E-state index contributed by atoms with van der Waals surface area (Å²) in [7, 11) is 0. The lowest BCUT2D eigenvalue weighted by atomic mass is 10.2. The van der Waals surface area contributed by atoms with Gasteiger partial charge in [0.1, 0.15) is 23.4 Å². The second-order valence-corrected chi connectivity index (χ2v) is 5.07. The van der Waals surface area contributed by atoms with Crippen molar-refractivity contribution in [2.24, 2.45) is 0 Å². The van der Waals surface area contributed by atoms with Crippen LogP contribution < -0.4 is 4.74 Å². The van der Waals surface area contributed by atoms with E-state index in [2.05, 4.69) is 8.75 Å². The van der Waals surface area contributed by atoms with E-state index in [9.17, 15) is 10.1 Å². The summed E-state index contributed by atoms with van der Waals surface area (Å²) in [6.07, 6.45) is 0. The number of ether oxygens (including phenoxy) is 1. The van der Waals surface area contributed by atoms with Gasteiger partial charge in [0, 0.05) is 11.1 Å². The van der Waals surface area contributed by atoms with Gasteiger partial charge in [-0.15, -0.1) is 0 Å². The molecule has 106 valence electrons. The number of benzene rings is 2. The molecule has 1 aromatic heterocycles. The van der Waals surface area contributed by atoms with Gasteiger partial charge in [0.15, 0.2) is 0 Å². The molecule has 21 heavy (non-hydrogen) atoms. The molecule has 2 aromatic carbocycles. The molecule has 3 aromatic rings. The number of nitro benzene ring substituents is 1. The number of aryl methyl sites for hydroxylation is 1. The average Bonchev–Trinajstić information content (AvgIpc) is 2.95. The lowest BCUT2D eigenvalue weighted by Gasteiger charge is -2.07. The van der Waals surface area contributed by atoms with Crippen molar-refractivity contribution in [2.75, 3.05) is 0 Å². The van der Waals surface area contributed by atoms with Crippen LogP contribution >= 0.6 is 11.7 Å². The first-order valence-electron chi connectivity index (χ1n) is 6.23. The van der Waals surface area contributed by atoms with E-state index in [-0.39, 0.29) is 5.69 Å². The molecule has 0 N–H and O–H groups in total. The van der Waals surface area contributed by atoms with Crippen molar-refractivity contribution in [1.29, 1.82) is 0 Å². The summed E-state index contributed by atoms with van der Waals surface area (Å²) in [6, 6.07) is 10.5. The molecular weight excluding hydrogens is 290 g/mol. The van der Waals surface area contributed by atoms with Gasteiger partial charge in [0.2, 0.25) is 0 Å². The Morgan fingerprint density at radius 3 is 2.95 bits per heavy atom. The molecule has 0 aliphatic carbocycles. The van der Waals surface area contributed by atoms with Gasteiger partial charge in [0.25, 0.3) is 5.69 Å². The summed E-state index contributed by atoms with van der Waals surface area (Å²) in [6.45, 7) is 1.99. The fraction of sp³-hybridized carbons (Fsp3) is 0.143. The smallest absolute Gasteiger partial charge is 0.276 e. The number of nitro groups is 1. The van der Waals surface area contributed by atoms with Crippen LogP contribution in [0.25, 0.3) is 11.0 Å². The Hall–Kier alpha value is -2.54. The zero-order valence-electron chi connectivity index (χ0n) is 11.1. The molecule has 0 saturated heterocycles. The standard InChI is InChI=1S/C14H11N3O3S/c1-9-5-6-11(7-13(9)17(18)19)20-8-10-3-2-4-12-14(10)16-21-15-12/h2-7H,8H2,1H3. The first-order chi connectivity index (χ1) is 10.1. The number of hydrogen-bond acceptors (Lipinski definition) is 6. The molecule has 7 heteroatoms. The molecule has 0 unspecified atom stereocenters. The zero-order chi connectivity index (χ0) is 14.8. The van der Waals surface area contributed by atoms with E-state index in [1.807, 2.05) is 18.2 Å². The zero-order valence-corrected chi connectivity index (χ0v) is 12.0. The van der Waals surface area contributed by atoms with E-state index in [4.69, 9.17) is 4.74 Å². The Bertz CT molecular complexity index is 816. The first kappa shape index (κ1) is 13.4. The molecule has 0 fully saturated rings. The van der Waals surface area contributed by atoms with Gasteiger partial charge < -0.3 is 4.74 Å². The summed E-state index contributed by atoms with van der Waals surface area (Å²) >= 11 is 1.15. The monoisotopic (exact) mass is 301 g/mol. The molecule has 0 aliphatic heterocycles. The van der Waals surface area contributed by atoms with Gasteiger partial charge in [-0.1, -0.05) is 12.1 Å². The third-order valence-corrected chi connectivity index (χ3v) is 3.68. The molecule has 0 spiro atoms. The van der Waals surface area contributed by atoms with Crippen LogP contribution in [0, 0.1) is 17.0 Å². The average molecular weight is 301 g/mol. The van der Waals surface area contributed by atoms with Crippen molar-refractivity contribution >= 4 is 28.4 Å². The van der Waals surface area contributed by atoms with Crippen LogP contribution in [0.1, 0.15) is 11.1 Å². The van der Waals surface area contributed by atoms with Gasteiger partial charge in [-0.3, -0.25) is 10.1 Å². The van der Waals surface area contributed by atoms with E-state index < -0.39 is 4.92 Å². The minimum absolute atomic E-state index is 0.0565. The topological polar surface area (TPSA) is 78.2 Å². The highest BCUT2D eigenvalue weighted by atomic mass is 32.1. The minimum atomic E-state index is -0.409. The second kappa shape index (κ2) is 5.45. The van der Waals surface area contributed by atoms with Crippen molar-refractivity contribution in [3.8, 4) is 5.75 Å². The van der Waals surface area contributed by atoms with Gasteiger partial charge in [-0.25, -0.2) is 0 Å². The Morgan fingerprint density at radius 2 is 2.14 bits per heavy atom. The molecule has 0 amide bonds. The molecule has 1 heterocycles. The van der Waals surface area contributed by atoms with E-state index >= 15 is 0 Å². The Kier molecular flexibility index (Phi) is 3.49. The number of fused-ring (bicyclic) bond motifs is 1. The molecule has 0 atom stereocenters. The van der Waals surface area contributed by atoms with Crippen molar-refractivity contribution < 1.29 is 9.66 Å². The quantitative estimate of drug-likeness (QED) is 0.544. The Labute approximate surface area is 124 Å². The molecule has 0 saturated carbocycles. The van der Waals surface area contributed by atoms with Crippen LogP contribution in [-0.2, 0) is 6.61 Å². The van der Waals surface area contributed by atoms with Crippen molar-refractivity contribution in [3.05, 3.63) is 57.6 Å². The van der Waals surface area contributed by atoms with E-state index in [0.29, 0.717) is 17.9 Å². The molecular formula is C14H11N3O3S. The van der Waals surface area contributed by atoms with Crippen molar-refractivity contribution in [1.82, 2.24) is 8.75 Å². The largest absolute Gasteiger partial charge is 0.489 e. The Morgan fingerprint density at radius 1 is 1.29 bits per heavy atom. The highest BCUT2D eigenvalue weighted by Gasteiger charge is 2.12. The van der Waals surface area contributed by atoms with E-state index in [1.54, 1.807) is 19.1 Å². The lowest BCUT2D eigenvalue weighted by molar-refractivity contribution is -0.385. The predicted octanol–water partition coefficient (Wildman–Crippen LogP) is 3.49. The highest BCUT2D eigenvalue weighted by molar-refractivity contribution is 7.00. The van der Waals surface area contributed by atoms with Crippen LogP contribution in [0.2, 0.25) is 0 Å². The fourth-order valence-electron chi connectivity index (χ4n) is 2.02. The number of hydrogen-bond donors (Lipinski definition) is 0. The summed E-state index contributed by atoms with van der Waals surface area (Å²) in [5, 5.41) is 10.9. The normalized spacial score (nSPS) is 10.7. The van der Waals surface area contributed by atoms with Crippen molar-refractivity contribution in [2.45, 2.75) is 13.5 Å². The molecule has 0 bridgehead atoms. The maximum Gasteiger partial charge on any atom is 0.276 e. The predicted molar refractivity (Wildman–Crippen MR) is 79.6 cm³/mol. The van der Waals surface area contributed by atoms with Crippen LogP contribution in [-0.4, -0.2) is 13.7 Å². The summed E-state index contributed by atoms with van der Waals surface area (Å²) in [4.78, 5) is 10.5. The first-order valence-corrected chi connectivity index (χ1v) is 6.96. The molecule has 0 radical (unpaired) electrons. The number of aromatic nitrogens is 2. The van der Waals surface area contributed by atoms with Crippen molar-refractivity contribution in [3.63, 3.8) is 0 Å². The highest BCUT2D eigenvalue weighted by Crippen LogP contribution is 2.25. The molecule has 3 rings (SSSR count). The van der Waals surface area contributed by atoms with E-state index in [0.717, 1.165) is 28.3 Å². The third kappa shape index (κ3) is 2.68. The summed E-state index contributed by atoms with van der Waals surface area (Å²) in [5.41, 5.74) is 3.21. The number of rotatable bonds is 4. The second-order valence-electron chi connectivity index (χ2n) is 4.54.